The Morgan fingerprint density at radius 2 is 1.75 bits per heavy atom. The first kappa shape index (κ1) is 17.7. The Labute approximate surface area is 159 Å². The highest BCUT2D eigenvalue weighted by Gasteiger charge is 2.41. The van der Waals surface area contributed by atoms with Crippen LogP contribution in [0.3, 0.4) is 0 Å². The van der Waals surface area contributed by atoms with Crippen molar-refractivity contribution < 1.29 is 29.0 Å². The van der Waals surface area contributed by atoms with Crippen LogP contribution in [0.5, 0.6) is 0 Å². The van der Waals surface area contributed by atoms with Crippen molar-refractivity contribution in [2.45, 2.75) is 19.6 Å². The van der Waals surface area contributed by atoms with Crippen molar-refractivity contribution in [3.05, 3.63) is 69.8 Å². The summed E-state index contributed by atoms with van der Waals surface area (Å²) in [7, 11) is 0. The molecule has 0 radical (unpaired) electrons. The molecule has 1 atom stereocenters. The Balaban J connectivity index is 1.80. The first-order valence-electron chi connectivity index (χ1n) is 8.63. The average molecular weight is 380 g/mol. The molecule has 142 valence electrons. The van der Waals surface area contributed by atoms with E-state index in [1.807, 2.05) is 0 Å². The number of cyclic esters (lactones) is 1. The number of fused-ring (bicyclic) bond motifs is 2. The van der Waals surface area contributed by atoms with Gasteiger partial charge in [0.1, 0.15) is 6.61 Å². The van der Waals surface area contributed by atoms with Gasteiger partial charge in [-0.15, -0.1) is 0 Å². The molecule has 8 heteroatoms. The summed E-state index contributed by atoms with van der Waals surface area (Å²) in [4.78, 5) is 49.8. The summed E-state index contributed by atoms with van der Waals surface area (Å²) in [6.45, 7) is 1.70. The highest BCUT2D eigenvalue weighted by atomic mass is 16.5. The molecular weight excluding hydrogens is 364 g/mol. The predicted molar refractivity (Wildman–Crippen MR) is 96.0 cm³/mol. The van der Waals surface area contributed by atoms with E-state index in [1.54, 1.807) is 43.3 Å². The molecule has 8 nitrogen and oxygen atoms in total. The lowest BCUT2D eigenvalue weighted by Gasteiger charge is -2.28. The monoisotopic (exact) mass is 380 g/mol. The minimum atomic E-state index is -1.26. The van der Waals surface area contributed by atoms with Crippen LogP contribution in [0.2, 0.25) is 0 Å². The van der Waals surface area contributed by atoms with Gasteiger partial charge in [-0.3, -0.25) is 14.5 Å². The number of rotatable bonds is 4. The molecule has 2 aliphatic rings. The first-order valence-corrected chi connectivity index (χ1v) is 8.63. The van der Waals surface area contributed by atoms with E-state index in [0.717, 1.165) is 4.90 Å². The smallest absolute Gasteiger partial charge is 0.404 e. The summed E-state index contributed by atoms with van der Waals surface area (Å²) in [6.07, 6.45) is -1.26. The van der Waals surface area contributed by atoms with Gasteiger partial charge in [0.2, 0.25) is 0 Å². The molecule has 28 heavy (non-hydrogen) atoms. The maximum atomic E-state index is 12.9. The number of hydrogen-bond acceptors (Lipinski definition) is 5. The minimum Gasteiger partial charge on any atom is -0.465 e. The number of amides is 3. The highest BCUT2D eigenvalue weighted by molar-refractivity contribution is 6.21. The zero-order valence-electron chi connectivity index (χ0n) is 14.9. The lowest BCUT2D eigenvalue weighted by molar-refractivity contribution is 0.0533. The van der Waals surface area contributed by atoms with E-state index in [0.29, 0.717) is 22.3 Å². The largest absolute Gasteiger partial charge is 0.465 e. The van der Waals surface area contributed by atoms with Crippen molar-refractivity contribution in [3.8, 4) is 0 Å². The zero-order valence-corrected chi connectivity index (χ0v) is 14.9. The maximum absolute atomic E-state index is 12.9. The van der Waals surface area contributed by atoms with Crippen LogP contribution >= 0.6 is 0 Å². The molecule has 1 unspecified atom stereocenters. The molecule has 0 saturated carbocycles. The van der Waals surface area contributed by atoms with Crippen LogP contribution in [0.1, 0.15) is 53.8 Å². The predicted octanol–water partition coefficient (Wildman–Crippen LogP) is 2.27. The molecule has 0 fully saturated rings. The average Bonchev–Trinajstić information content (AvgIpc) is 3.17. The maximum Gasteiger partial charge on any atom is 0.404 e. The number of ether oxygens (including phenoxy) is 1. The van der Waals surface area contributed by atoms with E-state index in [9.17, 15) is 19.2 Å². The number of hydrogen-bond donors (Lipinski definition) is 2. The van der Waals surface area contributed by atoms with Crippen molar-refractivity contribution in [1.29, 1.82) is 0 Å². The Hall–Kier alpha value is -3.68. The van der Waals surface area contributed by atoms with Gasteiger partial charge >= 0.3 is 12.1 Å². The molecule has 3 amide bonds. The number of imide groups is 1. The summed E-state index contributed by atoms with van der Waals surface area (Å²) >= 11 is 0. The Kier molecular flexibility index (Phi) is 4.11. The standard InChI is InChI=1S/C20H16N2O6/c1-10-11(6-7-14-15(10)9-28-19(14)25)16(8-21-20(26)27)22-17(23)12-4-2-3-5-13(12)18(22)24/h2-7,16,21H,8-9H2,1H3,(H,26,27). The van der Waals surface area contributed by atoms with E-state index in [2.05, 4.69) is 5.32 Å². The molecule has 2 N–H and O–H groups in total. The third kappa shape index (κ3) is 2.61. The van der Waals surface area contributed by atoms with Crippen LogP contribution in [0.4, 0.5) is 4.79 Å². The van der Waals surface area contributed by atoms with Gasteiger partial charge in [0.25, 0.3) is 11.8 Å². The fourth-order valence-electron chi connectivity index (χ4n) is 3.74. The molecule has 2 aliphatic heterocycles. The van der Waals surface area contributed by atoms with Gasteiger partial charge in [-0.25, -0.2) is 9.59 Å². The number of nitrogens with one attached hydrogen (secondary N) is 1. The minimum absolute atomic E-state index is 0.106. The third-order valence-corrected chi connectivity index (χ3v) is 5.15. The highest BCUT2D eigenvalue weighted by Crippen LogP contribution is 2.35. The van der Waals surface area contributed by atoms with Crippen LogP contribution in [0, 0.1) is 6.92 Å². The van der Waals surface area contributed by atoms with E-state index < -0.39 is 29.9 Å². The Bertz CT molecular complexity index is 1010. The number of carboxylic acid groups (broad SMARTS) is 1. The van der Waals surface area contributed by atoms with E-state index >= 15 is 0 Å². The first-order chi connectivity index (χ1) is 13.4. The van der Waals surface area contributed by atoms with Gasteiger partial charge in [0.05, 0.1) is 22.7 Å². The number of esters is 1. The van der Waals surface area contributed by atoms with Crippen molar-refractivity contribution in [3.63, 3.8) is 0 Å². The number of benzene rings is 2. The van der Waals surface area contributed by atoms with Crippen molar-refractivity contribution in [2.75, 3.05) is 6.54 Å². The topological polar surface area (TPSA) is 113 Å². The SMILES string of the molecule is Cc1c(C(CNC(=O)O)N2C(=O)c3ccccc3C2=O)ccc2c1COC2=O. The van der Waals surface area contributed by atoms with Crippen LogP contribution < -0.4 is 5.32 Å². The molecule has 4 rings (SSSR count). The molecule has 0 spiro atoms. The molecule has 0 aromatic heterocycles. The summed E-state index contributed by atoms with van der Waals surface area (Å²) in [5.74, 6) is -1.39. The van der Waals surface area contributed by atoms with Crippen LogP contribution in [-0.2, 0) is 11.3 Å². The lowest BCUT2D eigenvalue weighted by Crippen LogP contribution is -2.41. The van der Waals surface area contributed by atoms with Gasteiger partial charge in [0, 0.05) is 12.1 Å². The van der Waals surface area contributed by atoms with E-state index in [-0.39, 0.29) is 24.3 Å². The van der Waals surface area contributed by atoms with Gasteiger partial charge in [0.15, 0.2) is 0 Å². The molecule has 0 saturated heterocycles. The molecule has 0 bridgehead atoms. The fourth-order valence-corrected chi connectivity index (χ4v) is 3.74. The molecular formula is C20H16N2O6. The number of carbonyl (C=O) groups excluding carboxylic acids is 3. The molecule has 2 heterocycles. The quantitative estimate of drug-likeness (QED) is 0.621. The van der Waals surface area contributed by atoms with Crippen molar-refractivity contribution in [2.24, 2.45) is 0 Å². The lowest BCUT2D eigenvalue weighted by atomic mass is 9.93. The summed E-state index contributed by atoms with van der Waals surface area (Å²) < 4.78 is 5.06. The van der Waals surface area contributed by atoms with Crippen molar-refractivity contribution >= 4 is 23.9 Å². The summed E-state index contributed by atoms with van der Waals surface area (Å²) in [6, 6.07) is 8.84. The Morgan fingerprint density at radius 1 is 1.11 bits per heavy atom. The fraction of sp³-hybridized carbons (Fsp3) is 0.200. The van der Waals surface area contributed by atoms with E-state index in [1.165, 1.54) is 0 Å². The van der Waals surface area contributed by atoms with Crippen molar-refractivity contribution in [1.82, 2.24) is 10.2 Å². The summed E-state index contributed by atoms with van der Waals surface area (Å²) in [5.41, 5.74) is 2.96. The van der Waals surface area contributed by atoms with Gasteiger partial charge in [-0.05, 0) is 36.2 Å². The molecule has 2 aromatic carbocycles. The van der Waals surface area contributed by atoms with Crippen LogP contribution in [0.25, 0.3) is 0 Å². The second-order valence-corrected chi connectivity index (χ2v) is 6.61. The van der Waals surface area contributed by atoms with Gasteiger partial charge in [-0.2, -0.15) is 0 Å². The zero-order chi connectivity index (χ0) is 20.0. The summed E-state index contributed by atoms with van der Waals surface area (Å²) in [5, 5.41) is 11.3. The normalized spacial score (nSPS) is 15.9. The Morgan fingerprint density at radius 3 is 2.36 bits per heavy atom. The number of nitrogens with zero attached hydrogens (tertiary/aromatic N) is 1. The van der Waals surface area contributed by atoms with Crippen LogP contribution in [-0.4, -0.2) is 40.4 Å². The van der Waals surface area contributed by atoms with Crippen LogP contribution in [0.15, 0.2) is 36.4 Å². The number of carbonyl (C=O) groups is 4. The molecule has 2 aromatic rings. The second kappa shape index (κ2) is 6.49. The van der Waals surface area contributed by atoms with Gasteiger partial charge < -0.3 is 15.2 Å². The van der Waals surface area contributed by atoms with Gasteiger partial charge in [-0.1, -0.05) is 18.2 Å². The third-order valence-electron chi connectivity index (χ3n) is 5.15. The molecule has 0 aliphatic carbocycles. The second-order valence-electron chi connectivity index (χ2n) is 6.61. The van der Waals surface area contributed by atoms with E-state index in [4.69, 9.17) is 9.84 Å².